The molecule has 0 saturated carbocycles. The van der Waals surface area contributed by atoms with Crippen molar-refractivity contribution in [2.75, 3.05) is 0 Å². The van der Waals surface area contributed by atoms with Gasteiger partial charge in [0.15, 0.2) is 0 Å². The van der Waals surface area contributed by atoms with Crippen molar-refractivity contribution in [3.05, 3.63) is 60.2 Å². The largest absolute Gasteiger partial charge is 0.480 e. The van der Waals surface area contributed by atoms with E-state index >= 15 is 0 Å². The molecule has 80 valence electrons. The fraction of sp³-hybridized carbons (Fsp3) is 0. The van der Waals surface area contributed by atoms with E-state index in [0.717, 1.165) is 17.0 Å². The fourth-order valence-electron chi connectivity index (χ4n) is 1.30. The van der Waals surface area contributed by atoms with Crippen LogP contribution in [0.3, 0.4) is 0 Å². The van der Waals surface area contributed by atoms with Crippen LogP contribution in [-0.4, -0.2) is 6.21 Å². The molecule has 0 N–H and O–H groups in total. The van der Waals surface area contributed by atoms with Gasteiger partial charge in [-0.3, -0.25) is 4.99 Å². The minimum absolute atomic E-state index is 0.821. The molecule has 2 rings (SSSR count). The first kappa shape index (κ1) is 10.8. The van der Waals surface area contributed by atoms with E-state index in [0.29, 0.717) is 0 Å². The predicted molar refractivity (Wildman–Crippen MR) is 70.5 cm³/mol. The topological polar surface area (TPSA) is 21.6 Å². The summed E-state index contributed by atoms with van der Waals surface area (Å²) in [5, 5.41) is 0. The number of aliphatic imine (C=N–C) groups is 1. The predicted octanol–water partition coefficient (Wildman–Crippen LogP) is 3.61. The highest BCUT2D eigenvalue weighted by molar-refractivity contribution is 7.10. The third-order valence-electron chi connectivity index (χ3n) is 2.14. The zero-order chi connectivity index (χ0) is 11.2. The summed E-state index contributed by atoms with van der Waals surface area (Å²) >= 11 is 0. The molecule has 16 heavy (non-hydrogen) atoms. The Morgan fingerprint density at radius 3 is 2.25 bits per heavy atom. The van der Waals surface area contributed by atoms with Crippen LogP contribution in [0.15, 0.2) is 59.6 Å². The van der Waals surface area contributed by atoms with E-state index in [4.69, 9.17) is 4.52 Å². The molecule has 3 heteroatoms. The average molecular weight is 229 g/mol. The first-order valence-corrected chi connectivity index (χ1v) is 5.41. The highest BCUT2D eigenvalue weighted by Gasteiger charge is 1.90. The number of hydrogen-bond donors (Lipinski definition) is 0. The molecule has 0 saturated heterocycles. The minimum atomic E-state index is 0.821. The van der Waals surface area contributed by atoms with Crippen molar-refractivity contribution >= 4 is 21.4 Å². The molecule has 0 aliphatic rings. The minimum Gasteiger partial charge on any atom is -0.480 e. The lowest BCUT2D eigenvalue weighted by Crippen LogP contribution is -1.80. The van der Waals surface area contributed by atoms with Gasteiger partial charge in [0.25, 0.3) is 0 Å². The summed E-state index contributed by atoms with van der Waals surface area (Å²) in [6, 6.07) is 17.6. The molecule has 0 spiro atoms. The van der Waals surface area contributed by atoms with Crippen molar-refractivity contribution in [1.29, 1.82) is 0 Å². The summed E-state index contributed by atoms with van der Waals surface area (Å²) in [6.07, 6.45) is 1.84. The third kappa shape index (κ3) is 2.91. The molecule has 0 radical (unpaired) electrons. The summed E-state index contributed by atoms with van der Waals surface area (Å²) in [5.74, 6) is 0.821. The Kier molecular flexibility index (Phi) is 3.68. The third-order valence-corrected chi connectivity index (χ3v) is 2.41. The second kappa shape index (κ2) is 5.43. The molecule has 0 aromatic heterocycles. The Balaban J connectivity index is 2.12. The summed E-state index contributed by atoms with van der Waals surface area (Å²) in [4.78, 5) is 4.36. The monoisotopic (exact) mass is 229 g/mol. The smallest absolute Gasteiger partial charge is 0.122 e. The molecule has 2 nitrogen and oxygen atoms in total. The molecular weight excluding hydrogens is 217 g/mol. The van der Waals surface area contributed by atoms with Crippen LogP contribution in [0, 0.1) is 0 Å². The Morgan fingerprint density at radius 2 is 1.62 bits per heavy atom. The van der Waals surface area contributed by atoms with E-state index < -0.39 is 0 Å². The molecule has 1 unspecified atom stereocenters. The van der Waals surface area contributed by atoms with Crippen LogP contribution in [0.4, 0.5) is 5.69 Å². The van der Waals surface area contributed by atoms with Crippen LogP contribution in [0.5, 0.6) is 5.75 Å². The summed E-state index contributed by atoms with van der Waals surface area (Å²) in [5.41, 5.74) is 2.00. The van der Waals surface area contributed by atoms with Gasteiger partial charge in [0.05, 0.1) is 15.2 Å². The van der Waals surface area contributed by atoms with Crippen LogP contribution < -0.4 is 4.52 Å². The van der Waals surface area contributed by atoms with E-state index in [1.54, 1.807) is 0 Å². The molecule has 0 amide bonds. The lowest BCUT2D eigenvalue weighted by atomic mass is 10.2. The maximum atomic E-state index is 5.00. The average Bonchev–Trinajstić information content (AvgIpc) is 2.38. The standard InChI is InChI=1S/C13H12NOP/c16-15-13-8-6-11(7-9-13)10-14-12-4-2-1-3-5-12/h1-10H,16H2. The second-order valence-corrected chi connectivity index (χ2v) is 3.52. The van der Waals surface area contributed by atoms with Crippen molar-refractivity contribution in [1.82, 2.24) is 0 Å². The van der Waals surface area contributed by atoms with Crippen LogP contribution in [-0.2, 0) is 0 Å². The number of rotatable bonds is 3. The zero-order valence-electron chi connectivity index (χ0n) is 8.71. The van der Waals surface area contributed by atoms with E-state index in [-0.39, 0.29) is 0 Å². The van der Waals surface area contributed by atoms with E-state index in [1.807, 2.05) is 60.8 Å². The van der Waals surface area contributed by atoms with Gasteiger partial charge < -0.3 is 4.52 Å². The van der Waals surface area contributed by atoms with Crippen LogP contribution in [0.2, 0.25) is 0 Å². The zero-order valence-corrected chi connectivity index (χ0v) is 9.86. The molecule has 1 atom stereocenters. The van der Waals surface area contributed by atoms with Crippen molar-refractivity contribution < 1.29 is 4.52 Å². The van der Waals surface area contributed by atoms with E-state index in [9.17, 15) is 0 Å². The van der Waals surface area contributed by atoms with E-state index in [2.05, 4.69) is 14.5 Å². The SMILES string of the molecule is POc1ccc(C=Nc2ccccc2)cc1. The lowest BCUT2D eigenvalue weighted by Gasteiger charge is -1.98. The molecule has 2 aromatic carbocycles. The highest BCUT2D eigenvalue weighted by atomic mass is 31.0. The molecule has 0 aliphatic carbocycles. The van der Waals surface area contributed by atoms with Gasteiger partial charge in [-0.1, -0.05) is 18.2 Å². The van der Waals surface area contributed by atoms with Gasteiger partial charge in [-0.05, 0) is 42.0 Å². The van der Waals surface area contributed by atoms with Crippen LogP contribution >= 0.6 is 9.47 Å². The van der Waals surface area contributed by atoms with Crippen molar-refractivity contribution in [2.45, 2.75) is 0 Å². The van der Waals surface area contributed by atoms with Crippen LogP contribution in [0.25, 0.3) is 0 Å². The molecule has 0 heterocycles. The lowest BCUT2D eigenvalue weighted by molar-refractivity contribution is 0.646. The Bertz CT molecular complexity index is 465. The first-order valence-electron chi connectivity index (χ1n) is 4.94. The Morgan fingerprint density at radius 1 is 0.938 bits per heavy atom. The van der Waals surface area contributed by atoms with Gasteiger partial charge in [0.2, 0.25) is 0 Å². The molecule has 2 aromatic rings. The summed E-state index contributed by atoms with van der Waals surface area (Å²) in [6.45, 7) is 0. The Labute approximate surface area is 97.3 Å². The highest BCUT2D eigenvalue weighted by Crippen LogP contribution is 2.14. The van der Waals surface area contributed by atoms with Gasteiger partial charge in [0, 0.05) is 6.21 Å². The maximum Gasteiger partial charge on any atom is 0.122 e. The number of nitrogens with zero attached hydrogens (tertiary/aromatic N) is 1. The van der Waals surface area contributed by atoms with Gasteiger partial charge in [-0.25, -0.2) is 0 Å². The van der Waals surface area contributed by atoms with Crippen LogP contribution in [0.1, 0.15) is 5.56 Å². The number of para-hydroxylation sites is 1. The quantitative estimate of drug-likeness (QED) is 0.582. The van der Waals surface area contributed by atoms with Gasteiger partial charge >= 0.3 is 0 Å². The van der Waals surface area contributed by atoms with Crippen molar-refractivity contribution in [3.8, 4) is 5.75 Å². The van der Waals surface area contributed by atoms with Gasteiger partial charge in [0.1, 0.15) is 5.75 Å². The second-order valence-electron chi connectivity index (χ2n) is 3.28. The van der Waals surface area contributed by atoms with Gasteiger partial charge in [-0.15, -0.1) is 0 Å². The van der Waals surface area contributed by atoms with Crippen molar-refractivity contribution in [3.63, 3.8) is 0 Å². The van der Waals surface area contributed by atoms with E-state index in [1.165, 1.54) is 0 Å². The summed E-state index contributed by atoms with van der Waals surface area (Å²) < 4.78 is 5.00. The number of hydrogen-bond acceptors (Lipinski definition) is 2. The molecule has 0 aliphatic heterocycles. The normalized spacial score (nSPS) is 10.6. The summed E-state index contributed by atoms with van der Waals surface area (Å²) in [7, 11) is 2.22. The Hall–Kier alpha value is -1.66. The first-order chi connectivity index (χ1) is 7.88. The number of benzene rings is 2. The maximum absolute atomic E-state index is 5.00. The molecule has 0 fully saturated rings. The van der Waals surface area contributed by atoms with Crippen molar-refractivity contribution in [2.24, 2.45) is 4.99 Å². The molecule has 0 bridgehead atoms. The molecular formula is C13H12NOP. The fourth-order valence-corrected chi connectivity index (χ4v) is 1.45. The van der Waals surface area contributed by atoms with Gasteiger partial charge in [-0.2, -0.15) is 0 Å².